The Hall–Kier alpha value is -4.02. The number of oxazole rings is 1. The summed E-state index contributed by atoms with van der Waals surface area (Å²) in [5.41, 5.74) is 13.4. The number of aliphatic hydroxyl groups is 1. The number of nitrogen functional groups attached to an aromatic ring is 1. The molecule has 0 radical (unpaired) electrons. The summed E-state index contributed by atoms with van der Waals surface area (Å²) in [5.74, 6) is 0.411. The summed E-state index contributed by atoms with van der Waals surface area (Å²) >= 11 is 0. The quantitative estimate of drug-likeness (QED) is 0.315. The molecular weight excluding hydrogens is 468 g/mol. The number of nitrogens with two attached hydrogens (primary N) is 1. The molecule has 3 aromatic heterocycles. The number of nitrogens with one attached hydrogen (secondary N) is 1. The standard InChI is InChI=1S/C27H30N8O2/c1-16-12-17(2)24-21(13-16)32-27(37-24)31-19-7-5-18(6-8-19)23-22-25(28)29-15-30-26(22)35(33-23)20-4-3-9-34(14-20)10-11-36/h5-8,12-13,15,20,36H,3-4,9-11,14H2,1-2H3,(H,31,32)(H2,28,29,30). The number of rotatable bonds is 6. The molecule has 1 aliphatic rings. The van der Waals surface area contributed by atoms with Gasteiger partial charge in [-0.2, -0.15) is 10.1 Å². The molecule has 37 heavy (non-hydrogen) atoms. The molecule has 4 heterocycles. The highest BCUT2D eigenvalue weighted by Crippen LogP contribution is 2.34. The van der Waals surface area contributed by atoms with Crippen molar-refractivity contribution < 1.29 is 9.52 Å². The first-order chi connectivity index (χ1) is 18.0. The van der Waals surface area contributed by atoms with Crippen LogP contribution in [-0.4, -0.2) is 61.0 Å². The molecule has 4 N–H and O–H groups in total. The fraction of sp³-hybridized carbons (Fsp3) is 0.333. The van der Waals surface area contributed by atoms with Gasteiger partial charge in [-0.25, -0.2) is 14.6 Å². The highest BCUT2D eigenvalue weighted by Gasteiger charge is 2.26. The second-order valence-corrected chi connectivity index (χ2v) is 9.72. The number of aryl methyl sites for hydroxylation is 2. The van der Waals surface area contributed by atoms with Gasteiger partial charge in [0.2, 0.25) is 0 Å². The summed E-state index contributed by atoms with van der Waals surface area (Å²) in [4.78, 5) is 15.6. The zero-order chi connectivity index (χ0) is 25.5. The number of hydrogen-bond donors (Lipinski definition) is 3. The second kappa shape index (κ2) is 9.45. The van der Waals surface area contributed by atoms with Crippen molar-refractivity contribution in [3.63, 3.8) is 0 Å². The Bertz CT molecular complexity index is 1570. The average molecular weight is 499 g/mol. The number of fused-ring (bicyclic) bond motifs is 2. The first kappa shape index (κ1) is 23.4. The Labute approximate surface area is 214 Å². The van der Waals surface area contributed by atoms with E-state index in [4.69, 9.17) is 15.2 Å². The van der Waals surface area contributed by atoms with Gasteiger partial charge < -0.3 is 20.6 Å². The van der Waals surface area contributed by atoms with Crippen molar-refractivity contribution in [2.75, 3.05) is 37.3 Å². The lowest BCUT2D eigenvalue weighted by Gasteiger charge is -2.32. The molecule has 1 unspecified atom stereocenters. The molecule has 0 aliphatic carbocycles. The molecule has 1 atom stereocenters. The van der Waals surface area contributed by atoms with E-state index < -0.39 is 0 Å². The van der Waals surface area contributed by atoms with Crippen LogP contribution in [0.3, 0.4) is 0 Å². The van der Waals surface area contributed by atoms with E-state index in [0.29, 0.717) is 18.4 Å². The Morgan fingerprint density at radius 3 is 2.81 bits per heavy atom. The van der Waals surface area contributed by atoms with Crippen molar-refractivity contribution >= 4 is 39.7 Å². The minimum Gasteiger partial charge on any atom is -0.423 e. The lowest BCUT2D eigenvalue weighted by atomic mass is 10.1. The monoisotopic (exact) mass is 498 g/mol. The van der Waals surface area contributed by atoms with E-state index in [2.05, 4.69) is 38.2 Å². The summed E-state index contributed by atoms with van der Waals surface area (Å²) in [6.45, 7) is 6.68. The normalized spacial score (nSPS) is 16.6. The molecule has 2 aromatic carbocycles. The van der Waals surface area contributed by atoms with Gasteiger partial charge in [-0.3, -0.25) is 4.90 Å². The third kappa shape index (κ3) is 4.38. The van der Waals surface area contributed by atoms with Gasteiger partial charge in [0, 0.05) is 24.3 Å². The molecule has 5 aromatic rings. The number of piperidine rings is 1. The fourth-order valence-electron chi connectivity index (χ4n) is 5.29. The van der Waals surface area contributed by atoms with Crippen LogP contribution < -0.4 is 11.1 Å². The second-order valence-electron chi connectivity index (χ2n) is 9.72. The number of β-amino-alcohol motifs (C(OH)–C–C–N with tert-alkyl or cyclic N) is 1. The van der Waals surface area contributed by atoms with Crippen LogP contribution in [-0.2, 0) is 0 Å². The first-order valence-electron chi connectivity index (χ1n) is 12.6. The molecule has 1 saturated heterocycles. The van der Waals surface area contributed by atoms with Crippen molar-refractivity contribution in [2.24, 2.45) is 0 Å². The first-order valence-corrected chi connectivity index (χ1v) is 12.6. The Morgan fingerprint density at radius 1 is 1.16 bits per heavy atom. The lowest BCUT2D eigenvalue weighted by Crippen LogP contribution is -2.38. The number of likely N-dealkylation sites (tertiary alicyclic amines) is 1. The number of aliphatic hydroxyl groups excluding tert-OH is 1. The molecule has 1 fully saturated rings. The molecule has 0 amide bonds. The van der Waals surface area contributed by atoms with Crippen molar-refractivity contribution in [1.82, 2.24) is 29.6 Å². The summed E-state index contributed by atoms with van der Waals surface area (Å²) in [6.07, 6.45) is 3.52. The van der Waals surface area contributed by atoms with Crippen LogP contribution in [0.15, 0.2) is 47.1 Å². The molecule has 10 heteroatoms. The highest BCUT2D eigenvalue weighted by atomic mass is 16.4. The fourth-order valence-corrected chi connectivity index (χ4v) is 5.29. The van der Waals surface area contributed by atoms with Gasteiger partial charge in [0.15, 0.2) is 11.2 Å². The Morgan fingerprint density at radius 2 is 2.00 bits per heavy atom. The third-order valence-corrected chi connectivity index (χ3v) is 6.99. The zero-order valence-electron chi connectivity index (χ0n) is 21.0. The van der Waals surface area contributed by atoms with Gasteiger partial charge >= 0.3 is 0 Å². The van der Waals surface area contributed by atoms with E-state index in [0.717, 1.165) is 76.1 Å². The van der Waals surface area contributed by atoms with Gasteiger partial charge in [0.05, 0.1) is 18.0 Å². The van der Waals surface area contributed by atoms with Crippen LogP contribution >= 0.6 is 0 Å². The van der Waals surface area contributed by atoms with Crippen LogP contribution in [0.25, 0.3) is 33.4 Å². The lowest BCUT2D eigenvalue weighted by molar-refractivity contribution is 0.139. The highest BCUT2D eigenvalue weighted by molar-refractivity contribution is 5.98. The van der Waals surface area contributed by atoms with Crippen molar-refractivity contribution in [1.29, 1.82) is 0 Å². The van der Waals surface area contributed by atoms with E-state index >= 15 is 0 Å². The summed E-state index contributed by atoms with van der Waals surface area (Å²) in [7, 11) is 0. The predicted molar refractivity (Wildman–Crippen MR) is 144 cm³/mol. The van der Waals surface area contributed by atoms with E-state index in [9.17, 15) is 5.11 Å². The third-order valence-electron chi connectivity index (χ3n) is 6.99. The van der Waals surface area contributed by atoms with Crippen molar-refractivity contribution in [3.8, 4) is 11.3 Å². The SMILES string of the molecule is Cc1cc(C)c2oc(Nc3ccc(-c4nn(C5CCCN(CCO)C5)c5ncnc(N)c45)cc3)nc2c1. The molecule has 0 saturated carbocycles. The van der Waals surface area contributed by atoms with Crippen LogP contribution in [0.2, 0.25) is 0 Å². The number of anilines is 3. The van der Waals surface area contributed by atoms with Crippen LogP contribution in [0.1, 0.15) is 30.0 Å². The zero-order valence-corrected chi connectivity index (χ0v) is 21.0. The molecule has 190 valence electrons. The van der Waals surface area contributed by atoms with E-state index in [-0.39, 0.29) is 12.6 Å². The minimum atomic E-state index is 0.149. The topological polar surface area (TPSA) is 131 Å². The van der Waals surface area contributed by atoms with Gasteiger partial charge in [-0.1, -0.05) is 18.2 Å². The largest absolute Gasteiger partial charge is 0.423 e. The van der Waals surface area contributed by atoms with E-state index in [1.165, 1.54) is 6.33 Å². The summed E-state index contributed by atoms with van der Waals surface area (Å²) < 4.78 is 7.94. The van der Waals surface area contributed by atoms with Crippen molar-refractivity contribution in [3.05, 3.63) is 53.9 Å². The average Bonchev–Trinajstić information content (AvgIpc) is 3.47. The molecule has 0 spiro atoms. The minimum absolute atomic E-state index is 0.149. The molecule has 1 aliphatic heterocycles. The molecule has 10 nitrogen and oxygen atoms in total. The van der Waals surface area contributed by atoms with Crippen LogP contribution in [0, 0.1) is 13.8 Å². The van der Waals surface area contributed by atoms with Crippen LogP contribution in [0.5, 0.6) is 0 Å². The van der Waals surface area contributed by atoms with Crippen molar-refractivity contribution in [2.45, 2.75) is 32.7 Å². The maximum absolute atomic E-state index is 9.40. The van der Waals surface area contributed by atoms with Crippen LogP contribution in [0.4, 0.5) is 17.5 Å². The smallest absolute Gasteiger partial charge is 0.300 e. The number of benzene rings is 2. The number of aromatic nitrogens is 5. The molecule has 6 rings (SSSR count). The number of nitrogens with zero attached hydrogens (tertiary/aromatic N) is 6. The number of hydrogen-bond acceptors (Lipinski definition) is 9. The van der Waals surface area contributed by atoms with E-state index in [1.807, 2.05) is 41.9 Å². The van der Waals surface area contributed by atoms with Gasteiger partial charge in [0.25, 0.3) is 6.01 Å². The summed E-state index contributed by atoms with van der Waals surface area (Å²) in [5, 5.41) is 18.4. The maximum Gasteiger partial charge on any atom is 0.300 e. The summed E-state index contributed by atoms with van der Waals surface area (Å²) in [6, 6.07) is 12.6. The van der Waals surface area contributed by atoms with E-state index in [1.54, 1.807) is 0 Å². The molecule has 0 bridgehead atoms. The van der Waals surface area contributed by atoms with Gasteiger partial charge in [-0.15, -0.1) is 0 Å². The predicted octanol–water partition coefficient (Wildman–Crippen LogP) is 4.21. The molecular formula is C27H30N8O2. The Balaban J connectivity index is 1.31. The van der Waals surface area contributed by atoms with Gasteiger partial charge in [-0.05, 0) is 62.6 Å². The Kier molecular flexibility index (Phi) is 5.97. The maximum atomic E-state index is 9.40. The van der Waals surface area contributed by atoms with Gasteiger partial charge in [0.1, 0.15) is 23.4 Å².